The number of hydrogen-bond acceptors (Lipinski definition) is 2. The fraction of sp³-hybridized carbons (Fsp3) is 0.308. The van der Waals surface area contributed by atoms with E-state index >= 15 is 0 Å². The van der Waals surface area contributed by atoms with Crippen LogP contribution in [0.15, 0.2) is 18.3 Å². The molecule has 21 heavy (non-hydrogen) atoms. The van der Waals surface area contributed by atoms with Gasteiger partial charge in [0.25, 0.3) is 0 Å². The highest BCUT2D eigenvalue weighted by atomic mass is 19.4. The summed E-state index contributed by atoms with van der Waals surface area (Å²) in [5.41, 5.74) is -0.645. The van der Waals surface area contributed by atoms with Crippen LogP contribution in [0.1, 0.15) is 23.7 Å². The number of aromatic nitrogens is 1. The predicted molar refractivity (Wildman–Crippen MR) is 65.8 cm³/mol. The molecular weight excluding hydrogens is 294 g/mol. The molecule has 0 aliphatic carbocycles. The molecule has 0 radical (unpaired) electrons. The minimum atomic E-state index is -4.99. The Kier molecular flexibility index (Phi) is 3.80. The Morgan fingerprint density at radius 3 is 2.57 bits per heavy atom. The number of fused-ring (bicyclic) bond motifs is 1. The second-order valence-corrected chi connectivity index (χ2v) is 4.36. The van der Waals surface area contributed by atoms with Gasteiger partial charge in [0.1, 0.15) is 11.6 Å². The lowest BCUT2D eigenvalue weighted by atomic mass is 10.1. The van der Waals surface area contributed by atoms with Gasteiger partial charge in [-0.1, -0.05) is 6.92 Å². The summed E-state index contributed by atoms with van der Waals surface area (Å²) in [6.45, 7) is 2.05. The second-order valence-electron chi connectivity index (χ2n) is 4.36. The molecule has 8 heteroatoms. The maximum Gasteiger partial charge on any atom is 0.573 e. The van der Waals surface area contributed by atoms with Gasteiger partial charge in [-0.2, -0.15) is 0 Å². The molecule has 0 saturated heterocycles. The van der Waals surface area contributed by atoms with Gasteiger partial charge in [-0.15, -0.1) is 13.2 Å². The van der Waals surface area contributed by atoms with Crippen LogP contribution in [0.5, 0.6) is 5.75 Å². The van der Waals surface area contributed by atoms with Crippen molar-refractivity contribution in [2.24, 2.45) is 0 Å². The quantitative estimate of drug-likeness (QED) is 0.874. The molecular formula is C13H11F4NO3. The van der Waals surface area contributed by atoms with Crippen molar-refractivity contribution >= 4 is 16.9 Å². The van der Waals surface area contributed by atoms with Gasteiger partial charge in [0.05, 0.1) is 16.5 Å². The van der Waals surface area contributed by atoms with Crippen LogP contribution in [0, 0.1) is 5.82 Å². The Hall–Kier alpha value is -2.25. The van der Waals surface area contributed by atoms with Crippen LogP contribution < -0.4 is 4.74 Å². The Labute approximate surface area is 116 Å². The van der Waals surface area contributed by atoms with Crippen molar-refractivity contribution in [1.82, 2.24) is 4.57 Å². The van der Waals surface area contributed by atoms with Gasteiger partial charge in [0.2, 0.25) is 0 Å². The van der Waals surface area contributed by atoms with Crippen LogP contribution in [0.2, 0.25) is 0 Å². The Morgan fingerprint density at radius 2 is 2.05 bits per heavy atom. The summed E-state index contributed by atoms with van der Waals surface area (Å²) in [5, 5.41) is 8.71. The van der Waals surface area contributed by atoms with E-state index in [1.54, 1.807) is 6.92 Å². The Balaban J connectivity index is 2.77. The molecule has 1 aromatic carbocycles. The van der Waals surface area contributed by atoms with Gasteiger partial charge in [0, 0.05) is 12.7 Å². The molecule has 1 N–H and O–H groups in total. The smallest absolute Gasteiger partial charge is 0.478 e. The molecule has 2 rings (SSSR count). The number of carboxylic acid groups (broad SMARTS) is 1. The molecule has 0 aliphatic heterocycles. The lowest BCUT2D eigenvalue weighted by molar-refractivity contribution is -0.274. The molecule has 0 unspecified atom stereocenters. The number of aromatic carboxylic acids is 1. The number of halogens is 4. The van der Waals surface area contributed by atoms with Crippen molar-refractivity contribution in [2.75, 3.05) is 0 Å². The molecule has 0 amide bonds. The maximum atomic E-state index is 13.9. The lowest BCUT2D eigenvalue weighted by Crippen LogP contribution is -2.17. The molecule has 114 valence electrons. The number of rotatable bonds is 4. The summed E-state index contributed by atoms with van der Waals surface area (Å²) in [4.78, 5) is 11.2. The minimum absolute atomic E-state index is 0.212. The normalized spacial score (nSPS) is 11.9. The van der Waals surface area contributed by atoms with Crippen LogP contribution >= 0.6 is 0 Å². The molecule has 0 spiro atoms. The Bertz CT molecular complexity index is 691. The summed E-state index contributed by atoms with van der Waals surface area (Å²) in [6.07, 6.45) is -3.32. The number of ether oxygens (including phenoxy) is 1. The zero-order valence-corrected chi connectivity index (χ0v) is 10.9. The number of carbonyl (C=O) groups is 1. The van der Waals surface area contributed by atoms with E-state index in [1.807, 2.05) is 0 Å². The third-order valence-corrected chi connectivity index (χ3v) is 2.85. The van der Waals surface area contributed by atoms with Crippen molar-refractivity contribution in [1.29, 1.82) is 0 Å². The number of alkyl halides is 3. The number of benzene rings is 1. The number of aryl methyl sites for hydroxylation is 1. The molecule has 0 aliphatic rings. The van der Waals surface area contributed by atoms with Crippen molar-refractivity contribution in [2.45, 2.75) is 26.3 Å². The first-order valence-electron chi connectivity index (χ1n) is 6.05. The standard InChI is InChI=1S/C13H11F4NO3/c1-2-5-18-6-7(12(19)20)10-9(21-13(15,16)17)4-3-8(14)11(10)18/h3-4,6H,2,5H2,1H3,(H,19,20). The van der Waals surface area contributed by atoms with Crippen molar-refractivity contribution < 1.29 is 32.2 Å². The van der Waals surface area contributed by atoms with Gasteiger partial charge < -0.3 is 14.4 Å². The largest absolute Gasteiger partial charge is 0.573 e. The van der Waals surface area contributed by atoms with Crippen LogP contribution in [-0.2, 0) is 6.54 Å². The summed E-state index contributed by atoms with van der Waals surface area (Å²) in [6, 6.07) is 1.59. The van der Waals surface area contributed by atoms with E-state index in [2.05, 4.69) is 4.74 Å². The van der Waals surface area contributed by atoms with Crippen molar-refractivity contribution in [3.63, 3.8) is 0 Å². The van der Waals surface area contributed by atoms with Crippen molar-refractivity contribution in [3.8, 4) is 5.75 Å². The molecule has 4 nitrogen and oxygen atoms in total. The first-order valence-corrected chi connectivity index (χ1v) is 6.05. The highest BCUT2D eigenvalue weighted by Gasteiger charge is 2.33. The average molecular weight is 305 g/mol. The molecule has 0 fully saturated rings. The summed E-state index contributed by atoms with van der Waals surface area (Å²) >= 11 is 0. The zero-order valence-electron chi connectivity index (χ0n) is 10.9. The topological polar surface area (TPSA) is 51.5 Å². The Morgan fingerprint density at radius 1 is 1.38 bits per heavy atom. The third kappa shape index (κ3) is 2.93. The van der Waals surface area contributed by atoms with E-state index in [0.717, 1.165) is 18.3 Å². The van der Waals surface area contributed by atoms with Crippen LogP contribution in [0.3, 0.4) is 0 Å². The molecule has 2 aromatic rings. The monoisotopic (exact) mass is 305 g/mol. The number of hydrogen-bond donors (Lipinski definition) is 1. The fourth-order valence-electron chi connectivity index (χ4n) is 2.16. The molecule has 0 bridgehead atoms. The zero-order chi connectivity index (χ0) is 15.8. The van der Waals surface area contributed by atoms with Gasteiger partial charge in [-0.3, -0.25) is 0 Å². The van der Waals surface area contributed by atoms with Gasteiger partial charge in [0.15, 0.2) is 0 Å². The highest BCUT2D eigenvalue weighted by molar-refractivity contribution is 6.06. The van der Waals surface area contributed by atoms with E-state index in [1.165, 1.54) is 4.57 Å². The van der Waals surface area contributed by atoms with E-state index in [4.69, 9.17) is 5.11 Å². The SMILES string of the molecule is CCCn1cc(C(=O)O)c2c(OC(F)(F)F)ccc(F)c21. The first kappa shape index (κ1) is 15.1. The number of nitrogens with zero attached hydrogens (tertiary/aromatic N) is 1. The number of carboxylic acids is 1. The van der Waals surface area contributed by atoms with Gasteiger partial charge >= 0.3 is 12.3 Å². The third-order valence-electron chi connectivity index (χ3n) is 2.85. The molecule has 1 aromatic heterocycles. The van der Waals surface area contributed by atoms with Crippen LogP contribution in [-0.4, -0.2) is 22.0 Å². The first-order chi connectivity index (χ1) is 9.74. The average Bonchev–Trinajstić information content (AvgIpc) is 2.73. The second kappa shape index (κ2) is 5.27. The molecule has 0 saturated carbocycles. The fourth-order valence-corrected chi connectivity index (χ4v) is 2.16. The van der Waals surface area contributed by atoms with E-state index in [-0.39, 0.29) is 12.1 Å². The van der Waals surface area contributed by atoms with Gasteiger partial charge in [-0.25, -0.2) is 9.18 Å². The van der Waals surface area contributed by atoms with Crippen LogP contribution in [0.25, 0.3) is 10.9 Å². The highest BCUT2D eigenvalue weighted by Crippen LogP contribution is 2.35. The minimum Gasteiger partial charge on any atom is -0.478 e. The van der Waals surface area contributed by atoms with Crippen LogP contribution in [0.4, 0.5) is 17.6 Å². The molecule has 0 atom stereocenters. The van der Waals surface area contributed by atoms with E-state index in [9.17, 15) is 22.4 Å². The maximum absolute atomic E-state index is 13.9. The van der Waals surface area contributed by atoms with E-state index in [0.29, 0.717) is 6.42 Å². The van der Waals surface area contributed by atoms with E-state index < -0.39 is 34.8 Å². The molecule has 1 heterocycles. The van der Waals surface area contributed by atoms with Gasteiger partial charge in [-0.05, 0) is 18.6 Å². The summed E-state index contributed by atoms with van der Waals surface area (Å²) in [7, 11) is 0. The predicted octanol–water partition coefficient (Wildman–Crippen LogP) is 3.79. The summed E-state index contributed by atoms with van der Waals surface area (Å²) < 4.78 is 56.2. The lowest BCUT2D eigenvalue weighted by Gasteiger charge is -2.11. The summed E-state index contributed by atoms with van der Waals surface area (Å²) in [5.74, 6) is -2.99. The van der Waals surface area contributed by atoms with Crippen molar-refractivity contribution in [3.05, 3.63) is 29.7 Å².